The van der Waals surface area contributed by atoms with E-state index in [1.165, 1.54) is 83.5 Å². The lowest BCUT2D eigenvalue weighted by molar-refractivity contribution is -0.870. The highest BCUT2D eigenvalue weighted by Gasteiger charge is 2.30. The molecule has 0 saturated carbocycles. The minimum Gasteiger partial charge on any atom is -0.456 e. The molecule has 3 unspecified atom stereocenters. The molecule has 9 nitrogen and oxygen atoms in total. The maximum Gasteiger partial charge on any atom is 0.472 e. The molecule has 0 heterocycles. The summed E-state index contributed by atoms with van der Waals surface area (Å²) < 4.78 is 30.7. The van der Waals surface area contributed by atoms with E-state index in [1.54, 1.807) is 0 Å². The third-order valence-corrected chi connectivity index (χ3v) is 14.4. The molecule has 0 aliphatic rings. The number of allylic oxidation sites excluding steroid dienone is 19. The largest absolute Gasteiger partial charge is 0.472 e. The van der Waals surface area contributed by atoms with Crippen molar-refractivity contribution in [3.8, 4) is 0 Å². The normalized spacial score (nSPS) is 14.5. The Morgan fingerprint density at radius 3 is 1.25 bits per heavy atom. The summed E-state index contributed by atoms with van der Waals surface area (Å²) in [4.78, 5) is 37.8. The summed E-state index contributed by atoms with van der Waals surface area (Å²) in [5, 5.41) is 3.03. The van der Waals surface area contributed by atoms with Crippen LogP contribution in [0.5, 0.6) is 0 Å². The van der Waals surface area contributed by atoms with Crippen molar-refractivity contribution in [3.05, 3.63) is 122 Å². The van der Waals surface area contributed by atoms with Gasteiger partial charge in [0.05, 0.1) is 33.8 Å². The first kappa shape index (κ1) is 75.4. The van der Waals surface area contributed by atoms with Gasteiger partial charge >= 0.3 is 13.8 Å². The number of hydrogen-bond acceptors (Lipinski definition) is 6. The summed E-state index contributed by atoms with van der Waals surface area (Å²) in [7, 11) is 1.44. The fraction of sp³-hybridized carbons (Fsp3) is 0.681. The van der Waals surface area contributed by atoms with Gasteiger partial charge in [0.15, 0.2) is 0 Å². The maximum atomic E-state index is 13.6. The molecule has 0 fully saturated rings. The van der Waals surface area contributed by atoms with E-state index >= 15 is 0 Å². The number of quaternary nitrogens is 1. The minimum absolute atomic E-state index is 0.0236. The number of rotatable bonds is 56. The van der Waals surface area contributed by atoms with Crippen LogP contribution in [0.2, 0.25) is 0 Å². The van der Waals surface area contributed by atoms with Crippen molar-refractivity contribution in [1.82, 2.24) is 5.32 Å². The second kappa shape index (κ2) is 57.6. The summed E-state index contributed by atoms with van der Waals surface area (Å²) in [5.41, 5.74) is 0. The number of likely N-dealkylation sites (N-methyl/N-ethyl adjacent to an activating group) is 1. The Morgan fingerprint density at radius 1 is 0.456 bits per heavy atom. The van der Waals surface area contributed by atoms with E-state index in [-0.39, 0.29) is 37.9 Å². The van der Waals surface area contributed by atoms with Crippen molar-refractivity contribution in [2.24, 2.45) is 0 Å². The lowest BCUT2D eigenvalue weighted by Gasteiger charge is -2.27. The first-order valence-corrected chi connectivity index (χ1v) is 33.4. The highest BCUT2D eigenvalue weighted by Crippen LogP contribution is 2.43. The number of unbranched alkanes of at least 4 members (excludes halogenated alkanes) is 22. The lowest BCUT2D eigenvalue weighted by Crippen LogP contribution is -2.47. The van der Waals surface area contributed by atoms with Gasteiger partial charge in [-0.05, 0) is 122 Å². The van der Waals surface area contributed by atoms with Gasteiger partial charge in [0.25, 0.3) is 0 Å². The molecule has 0 aliphatic heterocycles. The van der Waals surface area contributed by atoms with Crippen molar-refractivity contribution in [2.45, 2.75) is 264 Å². The van der Waals surface area contributed by atoms with Crippen LogP contribution in [0.25, 0.3) is 0 Å². The zero-order valence-corrected chi connectivity index (χ0v) is 52.5. The van der Waals surface area contributed by atoms with E-state index in [0.29, 0.717) is 23.9 Å². The van der Waals surface area contributed by atoms with Gasteiger partial charge in [0.2, 0.25) is 5.91 Å². The summed E-state index contributed by atoms with van der Waals surface area (Å²) in [6.07, 6.45) is 80.5. The summed E-state index contributed by atoms with van der Waals surface area (Å²) in [6, 6.07) is -0.883. The highest BCUT2D eigenvalue weighted by molar-refractivity contribution is 7.47. The van der Waals surface area contributed by atoms with E-state index < -0.39 is 20.0 Å². The van der Waals surface area contributed by atoms with Gasteiger partial charge in [-0.2, -0.15) is 0 Å². The molecule has 0 radical (unpaired) electrons. The van der Waals surface area contributed by atoms with Crippen molar-refractivity contribution >= 4 is 19.7 Å². The molecule has 0 rings (SSSR count). The fourth-order valence-electron chi connectivity index (χ4n) is 8.48. The van der Waals surface area contributed by atoms with Crippen LogP contribution in [0.1, 0.15) is 252 Å². The van der Waals surface area contributed by atoms with Crippen LogP contribution in [0.4, 0.5) is 0 Å². The Kier molecular flexibility index (Phi) is 55.0. The SMILES string of the molecule is CC/C=C\C/C=C\C/C=C\C/C=C\C/C=C\CCCCCC(=O)NC(COP(=O)(O)OCC[N+](C)(C)C)C(/C=C/CCCCCCCCCCCCC)OC(=O)CCCCCCC/C=C\C/C=C\C/C=C\C/C=C\CCCCC. The third-order valence-electron chi connectivity index (χ3n) is 13.4. The monoisotopic (exact) mass is 1120 g/mol. The third kappa shape index (κ3) is 58.9. The van der Waals surface area contributed by atoms with Crippen molar-refractivity contribution in [1.29, 1.82) is 0 Å². The van der Waals surface area contributed by atoms with Crippen LogP contribution >= 0.6 is 7.82 Å². The molecule has 10 heteroatoms. The average molecular weight is 1120 g/mol. The fourth-order valence-corrected chi connectivity index (χ4v) is 9.21. The molecule has 0 aromatic rings. The van der Waals surface area contributed by atoms with Crippen LogP contribution in [0.15, 0.2) is 122 Å². The standard InChI is InChI=1S/C69H119N2O7P/c1-7-10-13-16-19-22-25-28-30-32-34-35-37-39-41-44-47-50-53-56-59-62-69(73)78-67(60-57-54-51-48-45-42-27-24-21-18-15-12-9-3)66(65-77-79(74,75)76-64-63-71(4,5)6)70-68(72)61-58-55-52-49-46-43-40-38-36-33-31-29-26-23-20-17-14-11-8-2/h11,14,19-20,22-23,28-31,34-36,38-39,41,43,46,57,60,66-67H,7-10,12-13,15-18,21,24-27,32-33,37,40,42,44-45,47-56,58-59,61-65H2,1-6H3,(H-,70,72,74,75)/p+1/b14-11-,22-19-,23-20-,30-28-,31-29-,35-34-,38-36-,41-39-,46-43-,60-57+. The van der Waals surface area contributed by atoms with Gasteiger partial charge < -0.3 is 19.4 Å². The molecule has 0 spiro atoms. The summed E-state index contributed by atoms with van der Waals surface area (Å²) in [5.74, 6) is -0.570. The maximum absolute atomic E-state index is 13.6. The van der Waals surface area contributed by atoms with Crippen LogP contribution in [0, 0.1) is 0 Å². The van der Waals surface area contributed by atoms with Crippen LogP contribution in [0.3, 0.4) is 0 Å². The molecule has 79 heavy (non-hydrogen) atoms. The Bertz CT molecular complexity index is 1770. The number of carbonyl (C=O) groups excluding carboxylic acids is 2. The van der Waals surface area contributed by atoms with Crippen LogP contribution in [-0.4, -0.2) is 74.3 Å². The van der Waals surface area contributed by atoms with Gasteiger partial charge in [-0.3, -0.25) is 18.6 Å². The van der Waals surface area contributed by atoms with Gasteiger partial charge in [-0.25, -0.2) is 4.57 Å². The Hall–Kier alpha value is -3.59. The molecule has 3 atom stereocenters. The first-order chi connectivity index (χ1) is 38.4. The molecule has 452 valence electrons. The number of carbonyl (C=O) groups is 2. The zero-order valence-electron chi connectivity index (χ0n) is 51.6. The second-order valence-electron chi connectivity index (χ2n) is 22.2. The number of nitrogens with one attached hydrogen (secondary N) is 1. The van der Waals surface area contributed by atoms with Crippen molar-refractivity contribution in [3.63, 3.8) is 0 Å². The number of phosphoric acid groups is 1. The van der Waals surface area contributed by atoms with Crippen molar-refractivity contribution < 1.29 is 37.3 Å². The number of nitrogens with zero attached hydrogens (tertiary/aromatic N) is 1. The predicted octanol–water partition coefficient (Wildman–Crippen LogP) is 19.9. The van der Waals surface area contributed by atoms with Crippen LogP contribution in [-0.2, 0) is 27.9 Å². The Morgan fingerprint density at radius 2 is 0.810 bits per heavy atom. The molecular weight excluding hydrogens is 1000 g/mol. The zero-order chi connectivity index (χ0) is 57.9. The van der Waals surface area contributed by atoms with E-state index in [9.17, 15) is 19.0 Å². The quantitative estimate of drug-likeness (QED) is 0.0205. The van der Waals surface area contributed by atoms with Gasteiger partial charge in [-0.1, -0.05) is 239 Å². The highest BCUT2D eigenvalue weighted by atomic mass is 31.2. The van der Waals surface area contributed by atoms with E-state index in [2.05, 4.69) is 135 Å². The van der Waals surface area contributed by atoms with Gasteiger partial charge in [0, 0.05) is 12.8 Å². The molecule has 1 amide bonds. The van der Waals surface area contributed by atoms with Crippen molar-refractivity contribution in [2.75, 3.05) is 40.9 Å². The number of phosphoric ester groups is 1. The number of amides is 1. The average Bonchev–Trinajstić information content (AvgIpc) is 3.41. The summed E-state index contributed by atoms with van der Waals surface area (Å²) >= 11 is 0. The molecule has 0 bridgehead atoms. The minimum atomic E-state index is -4.47. The number of ether oxygens (including phenoxy) is 1. The van der Waals surface area contributed by atoms with E-state index in [4.69, 9.17) is 13.8 Å². The van der Waals surface area contributed by atoms with E-state index in [0.717, 1.165) is 122 Å². The van der Waals surface area contributed by atoms with Gasteiger partial charge in [-0.15, -0.1) is 0 Å². The number of hydrogen-bond donors (Lipinski definition) is 2. The topological polar surface area (TPSA) is 111 Å². The van der Waals surface area contributed by atoms with E-state index in [1.807, 2.05) is 33.3 Å². The Labute approximate surface area is 486 Å². The molecule has 2 N–H and O–H groups in total. The second-order valence-corrected chi connectivity index (χ2v) is 23.6. The molecule has 0 aliphatic carbocycles. The molecule has 0 saturated heterocycles. The molecule has 0 aromatic carbocycles. The van der Waals surface area contributed by atoms with Gasteiger partial charge in [0.1, 0.15) is 19.3 Å². The molecular formula is C69H120N2O7P+. The Balaban J connectivity index is 5.38. The molecule has 0 aromatic heterocycles. The van der Waals surface area contributed by atoms with Crippen LogP contribution < -0.4 is 5.32 Å². The smallest absolute Gasteiger partial charge is 0.456 e. The summed E-state index contributed by atoms with van der Waals surface area (Å²) in [6.45, 7) is 6.82. The lowest BCUT2D eigenvalue weighted by atomic mass is 10.0. The predicted molar refractivity (Wildman–Crippen MR) is 341 cm³/mol. The number of esters is 1. The first-order valence-electron chi connectivity index (χ1n) is 31.9.